The molecule has 21 heavy (non-hydrogen) atoms. The molecule has 0 saturated carbocycles. The lowest BCUT2D eigenvalue weighted by molar-refractivity contribution is 0.778. The largest absolute Gasteiger partial charge is 0.368 e. The highest BCUT2D eigenvalue weighted by atomic mass is 15.0. The number of nitrogens with zero attached hydrogens (tertiary/aromatic N) is 4. The molecule has 1 unspecified atom stereocenters. The molecule has 0 bridgehead atoms. The molecule has 0 aliphatic carbocycles. The Morgan fingerprint density at radius 3 is 2.62 bits per heavy atom. The van der Waals surface area contributed by atoms with Gasteiger partial charge in [-0.2, -0.15) is 0 Å². The summed E-state index contributed by atoms with van der Waals surface area (Å²) >= 11 is 0. The average Bonchev–Trinajstić information content (AvgIpc) is 2.53. The Morgan fingerprint density at radius 1 is 1.10 bits per heavy atom. The van der Waals surface area contributed by atoms with Crippen LogP contribution in [0.3, 0.4) is 0 Å². The van der Waals surface area contributed by atoms with Crippen molar-refractivity contribution in [2.24, 2.45) is 5.73 Å². The molecule has 3 aromatic rings. The van der Waals surface area contributed by atoms with Gasteiger partial charge in [-0.05, 0) is 25.1 Å². The van der Waals surface area contributed by atoms with Crippen LogP contribution in [-0.4, -0.2) is 32.5 Å². The van der Waals surface area contributed by atoms with Gasteiger partial charge in [0.25, 0.3) is 0 Å². The van der Waals surface area contributed by atoms with E-state index in [1.54, 1.807) is 24.8 Å². The normalized spacial score (nSPS) is 12.3. The molecular formula is C15H16N6. The Bertz CT molecular complexity index is 741. The van der Waals surface area contributed by atoms with Crippen molar-refractivity contribution in [1.29, 1.82) is 0 Å². The van der Waals surface area contributed by atoms with Crippen molar-refractivity contribution >= 4 is 16.7 Å². The Labute approximate surface area is 122 Å². The average molecular weight is 280 g/mol. The minimum absolute atomic E-state index is 0.0428. The molecule has 106 valence electrons. The predicted octanol–water partition coefficient (Wildman–Crippen LogP) is 1.85. The highest BCUT2D eigenvalue weighted by molar-refractivity contribution is 5.89. The number of nitrogens with two attached hydrogens (primary N) is 1. The van der Waals surface area contributed by atoms with Crippen molar-refractivity contribution < 1.29 is 0 Å². The second kappa shape index (κ2) is 5.80. The maximum Gasteiger partial charge on any atom is 0.162 e. The molecule has 0 fully saturated rings. The standard InChI is InChI=1S/C15H16N6/c1-10(16)8-19-15-12-4-7-18-9-13(12)20-14(21-15)11-2-5-17-6-3-11/h2-7,9-10H,8,16H2,1H3,(H,19,20,21). The number of hydrogen-bond donors (Lipinski definition) is 2. The highest BCUT2D eigenvalue weighted by Crippen LogP contribution is 2.23. The molecule has 3 aromatic heterocycles. The maximum atomic E-state index is 5.81. The first kappa shape index (κ1) is 13.4. The van der Waals surface area contributed by atoms with Crippen LogP contribution in [0, 0.1) is 0 Å². The summed E-state index contributed by atoms with van der Waals surface area (Å²) in [4.78, 5) is 17.3. The van der Waals surface area contributed by atoms with E-state index in [1.807, 2.05) is 25.1 Å². The van der Waals surface area contributed by atoms with Crippen molar-refractivity contribution in [1.82, 2.24) is 19.9 Å². The first-order valence-electron chi connectivity index (χ1n) is 6.75. The predicted molar refractivity (Wildman–Crippen MR) is 82.7 cm³/mol. The highest BCUT2D eigenvalue weighted by Gasteiger charge is 2.09. The second-order valence-electron chi connectivity index (χ2n) is 4.88. The SMILES string of the molecule is CC(N)CNc1nc(-c2ccncc2)nc2cnccc12. The molecule has 3 heterocycles. The summed E-state index contributed by atoms with van der Waals surface area (Å²) < 4.78 is 0. The zero-order valence-corrected chi connectivity index (χ0v) is 11.7. The van der Waals surface area contributed by atoms with Gasteiger partial charge in [-0.25, -0.2) is 9.97 Å². The van der Waals surface area contributed by atoms with E-state index in [2.05, 4.69) is 25.3 Å². The number of rotatable bonds is 4. The smallest absolute Gasteiger partial charge is 0.162 e. The van der Waals surface area contributed by atoms with Crippen LogP contribution in [0.2, 0.25) is 0 Å². The zero-order chi connectivity index (χ0) is 14.7. The van der Waals surface area contributed by atoms with E-state index in [0.717, 1.165) is 22.3 Å². The molecule has 0 amide bonds. The molecule has 0 spiro atoms. The molecule has 3 rings (SSSR count). The van der Waals surface area contributed by atoms with E-state index in [4.69, 9.17) is 5.73 Å². The fraction of sp³-hybridized carbons (Fsp3) is 0.200. The molecule has 0 aliphatic heterocycles. The third kappa shape index (κ3) is 2.95. The summed E-state index contributed by atoms with van der Waals surface area (Å²) in [5.74, 6) is 1.41. The molecule has 0 aromatic carbocycles. The van der Waals surface area contributed by atoms with Crippen LogP contribution in [0.15, 0.2) is 43.0 Å². The van der Waals surface area contributed by atoms with Crippen LogP contribution in [0.5, 0.6) is 0 Å². The minimum Gasteiger partial charge on any atom is -0.368 e. The Hall–Kier alpha value is -2.60. The molecule has 1 atom stereocenters. The van der Waals surface area contributed by atoms with E-state index in [1.165, 1.54) is 0 Å². The molecule has 0 radical (unpaired) electrons. The summed E-state index contributed by atoms with van der Waals surface area (Å²) in [6.07, 6.45) is 6.91. The van der Waals surface area contributed by atoms with Crippen LogP contribution >= 0.6 is 0 Å². The monoisotopic (exact) mass is 280 g/mol. The topological polar surface area (TPSA) is 89.6 Å². The van der Waals surface area contributed by atoms with Gasteiger partial charge in [0.05, 0.1) is 11.7 Å². The van der Waals surface area contributed by atoms with Gasteiger partial charge in [0.1, 0.15) is 5.82 Å². The van der Waals surface area contributed by atoms with Gasteiger partial charge in [-0.15, -0.1) is 0 Å². The van der Waals surface area contributed by atoms with Gasteiger partial charge in [0, 0.05) is 42.1 Å². The summed E-state index contributed by atoms with van der Waals surface area (Å²) in [5, 5.41) is 4.21. The van der Waals surface area contributed by atoms with E-state index >= 15 is 0 Å². The van der Waals surface area contributed by atoms with Gasteiger partial charge in [0.15, 0.2) is 5.82 Å². The van der Waals surface area contributed by atoms with E-state index in [9.17, 15) is 0 Å². The van der Waals surface area contributed by atoms with Crippen LogP contribution in [0.4, 0.5) is 5.82 Å². The van der Waals surface area contributed by atoms with Gasteiger partial charge < -0.3 is 11.1 Å². The molecule has 0 saturated heterocycles. The van der Waals surface area contributed by atoms with Gasteiger partial charge >= 0.3 is 0 Å². The summed E-state index contributed by atoms with van der Waals surface area (Å²) in [6.45, 7) is 2.59. The zero-order valence-electron chi connectivity index (χ0n) is 11.7. The lowest BCUT2D eigenvalue weighted by atomic mass is 10.2. The van der Waals surface area contributed by atoms with Crippen molar-refractivity contribution in [2.45, 2.75) is 13.0 Å². The number of pyridine rings is 2. The summed E-state index contributed by atoms with van der Waals surface area (Å²) in [7, 11) is 0. The Balaban J connectivity index is 2.10. The number of aromatic nitrogens is 4. The van der Waals surface area contributed by atoms with E-state index in [-0.39, 0.29) is 6.04 Å². The van der Waals surface area contributed by atoms with Crippen molar-refractivity contribution in [3.05, 3.63) is 43.0 Å². The molecule has 6 heteroatoms. The number of fused-ring (bicyclic) bond motifs is 1. The number of anilines is 1. The van der Waals surface area contributed by atoms with Gasteiger partial charge in [-0.1, -0.05) is 0 Å². The van der Waals surface area contributed by atoms with E-state index in [0.29, 0.717) is 12.4 Å². The fourth-order valence-electron chi connectivity index (χ4n) is 2.00. The van der Waals surface area contributed by atoms with Crippen LogP contribution in [-0.2, 0) is 0 Å². The molecule has 3 N–H and O–H groups in total. The quantitative estimate of drug-likeness (QED) is 0.758. The van der Waals surface area contributed by atoms with Crippen molar-refractivity contribution in [3.8, 4) is 11.4 Å². The molecule has 0 aliphatic rings. The molecular weight excluding hydrogens is 264 g/mol. The third-order valence-electron chi connectivity index (χ3n) is 3.03. The van der Waals surface area contributed by atoms with Gasteiger partial charge in [-0.3, -0.25) is 9.97 Å². The van der Waals surface area contributed by atoms with Crippen molar-refractivity contribution in [3.63, 3.8) is 0 Å². The first-order chi connectivity index (χ1) is 10.2. The van der Waals surface area contributed by atoms with Crippen LogP contribution < -0.4 is 11.1 Å². The van der Waals surface area contributed by atoms with Crippen LogP contribution in [0.25, 0.3) is 22.3 Å². The lowest BCUT2D eigenvalue weighted by Gasteiger charge is -2.12. The fourth-order valence-corrected chi connectivity index (χ4v) is 2.00. The number of nitrogens with one attached hydrogen (secondary N) is 1. The van der Waals surface area contributed by atoms with Gasteiger partial charge in [0.2, 0.25) is 0 Å². The maximum absolute atomic E-state index is 5.81. The van der Waals surface area contributed by atoms with Crippen molar-refractivity contribution in [2.75, 3.05) is 11.9 Å². The van der Waals surface area contributed by atoms with E-state index < -0.39 is 0 Å². The third-order valence-corrected chi connectivity index (χ3v) is 3.03. The Kier molecular flexibility index (Phi) is 3.70. The Morgan fingerprint density at radius 2 is 1.86 bits per heavy atom. The summed E-state index contributed by atoms with van der Waals surface area (Å²) in [5.41, 5.74) is 7.52. The number of hydrogen-bond acceptors (Lipinski definition) is 6. The molecule has 6 nitrogen and oxygen atoms in total. The first-order valence-corrected chi connectivity index (χ1v) is 6.75. The summed E-state index contributed by atoms with van der Waals surface area (Å²) in [6, 6.07) is 5.70. The van der Waals surface area contributed by atoms with Crippen LogP contribution in [0.1, 0.15) is 6.92 Å². The lowest BCUT2D eigenvalue weighted by Crippen LogP contribution is -2.25. The second-order valence-corrected chi connectivity index (χ2v) is 4.88. The minimum atomic E-state index is 0.0428.